The molecule has 0 aromatic heterocycles. The molecule has 0 heterocycles. The molecule has 0 fully saturated rings. The zero-order valence-electron chi connectivity index (χ0n) is 6.91. The van der Waals surface area contributed by atoms with Crippen molar-refractivity contribution in [3.8, 4) is 0 Å². The van der Waals surface area contributed by atoms with Crippen LogP contribution in [-0.4, -0.2) is 17.8 Å². The molecule has 12 heavy (non-hydrogen) atoms. The Morgan fingerprint density at radius 3 is 2.25 bits per heavy atom. The second-order valence-electron chi connectivity index (χ2n) is 2.45. The van der Waals surface area contributed by atoms with Gasteiger partial charge in [-0.05, 0) is 19.8 Å². The lowest BCUT2D eigenvalue weighted by atomic mass is 10.1. The maximum Gasteiger partial charge on any atom is 0.237 e. The van der Waals surface area contributed by atoms with E-state index in [0.717, 1.165) is 0 Å². The lowest BCUT2D eigenvalue weighted by Gasteiger charge is -2.13. The first-order valence-electron chi connectivity index (χ1n) is 3.47. The van der Waals surface area contributed by atoms with Gasteiger partial charge in [-0.25, -0.2) is 9.59 Å². The van der Waals surface area contributed by atoms with E-state index >= 15 is 0 Å². The summed E-state index contributed by atoms with van der Waals surface area (Å²) < 4.78 is 0. The number of isocyanates is 2. The van der Waals surface area contributed by atoms with Crippen LogP contribution in [0.15, 0.2) is 22.6 Å². The first kappa shape index (κ1) is 10.5. The van der Waals surface area contributed by atoms with Gasteiger partial charge in [0.2, 0.25) is 12.2 Å². The fourth-order valence-corrected chi connectivity index (χ4v) is 0.709. The Balaban J connectivity index is 4.47. The standard InChI is InChI=1S/C8H10N2O2/c1-3-4-5-8(2,9-6-11)10-7-12/h3H,1,4-5H2,2H3. The summed E-state index contributed by atoms with van der Waals surface area (Å²) in [6, 6.07) is 0. The van der Waals surface area contributed by atoms with E-state index in [1.165, 1.54) is 12.2 Å². The van der Waals surface area contributed by atoms with Gasteiger partial charge in [-0.15, -0.1) is 6.58 Å². The van der Waals surface area contributed by atoms with Crippen molar-refractivity contribution in [1.82, 2.24) is 0 Å². The van der Waals surface area contributed by atoms with Crippen molar-refractivity contribution in [3.63, 3.8) is 0 Å². The molecule has 0 aromatic rings. The molecular formula is C8H10N2O2. The first-order chi connectivity index (χ1) is 5.68. The Morgan fingerprint density at radius 1 is 1.42 bits per heavy atom. The van der Waals surface area contributed by atoms with Crippen LogP contribution in [0.3, 0.4) is 0 Å². The molecule has 0 aliphatic heterocycles. The van der Waals surface area contributed by atoms with Crippen LogP contribution in [0.5, 0.6) is 0 Å². The molecule has 0 saturated heterocycles. The summed E-state index contributed by atoms with van der Waals surface area (Å²) in [4.78, 5) is 26.7. The van der Waals surface area contributed by atoms with Crippen molar-refractivity contribution >= 4 is 12.2 Å². The number of rotatable bonds is 5. The Hall–Kier alpha value is -1.50. The van der Waals surface area contributed by atoms with E-state index < -0.39 is 5.66 Å². The Morgan fingerprint density at radius 2 is 1.92 bits per heavy atom. The molecule has 0 unspecified atom stereocenters. The minimum Gasteiger partial charge on any atom is -0.211 e. The van der Waals surface area contributed by atoms with Gasteiger partial charge in [-0.3, -0.25) is 0 Å². The van der Waals surface area contributed by atoms with E-state index in [1.54, 1.807) is 13.0 Å². The van der Waals surface area contributed by atoms with Gasteiger partial charge in [-0.2, -0.15) is 9.98 Å². The minimum atomic E-state index is -1.02. The molecule has 0 aromatic carbocycles. The van der Waals surface area contributed by atoms with Gasteiger partial charge in [0.25, 0.3) is 0 Å². The van der Waals surface area contributed by atoms with Gasteiger partial charge in [-0.1, -0.05) is 6.08 Å². The van der Waals surface area contributed by atoms with Crippen molar-refractivity contribution in [2.24, 2.45) is 9.98 Å². The normalized spacial score (nSPS) is 13.4. The van der Waals surface area contributed by atoms with Crippen LogP contribution in [-0.2, 0) is 9.59 Å². The zero-order valence-corrected chi connectivity index (χ0v) is 6.91. The molecule has 0 bridgehead atoms. The Bertz CT molecular complexity index is 230. The van der Waals surface area contributed by atoms with E-state index in [1.807, 2.05) is 0 Å². The molecule has 0 amide bonds. The maximum absolute atomic E-state index is 9.95. The van der Waals surface area contributed by atoms with Crippen molar-refractivity contribution in [1.29, 1.82) is 0 Å². The molecule has 0 spiro atoms. The first-order valence-corrected chi connectivity index (χ1v) is 3.47. The quantitative estimate of drug-likeness (QED) is 0.351. The third-order valence-corrected chi connectivity index (χ3v) is 1.40. The summed E-state index contributed by atoms with van der Waals surface area (Å²) in [5.41, 5.74) is -1.02. The van der Waals surface area contributed by atoms with E-state index in [9.17, 15) is 9.59 Å². The van der Waals surface area contributed by atoms with Crippen molar-refractivity contribution < 1.29 is 9.59 Å². The topological polar surface area (TPSA) is 58.9 Å². The summed E-state index contributed by atoms with van der Waals surface area (Å²) in [7, 11) is 0. The third-order valence-electron chi connectivity index (χ3n) is 1.40. The SMILES string of the molecule is C=CCCC(C)(N=C=O)N=C=O. The number of hydrogen-bond acceptors (Lipinski definition) is 4. The summed E-state index contributed by atoms with van der Waals surface area (Å²) in [6.07, 6.45) is 5.50. The Labute approximate surface area is 70.7 Å². The van der Waals surface area contributed by atoms with E-state index in [0.29, 0.717) is 12.8 Å². The zero-order chi connectivity index (χ0) is 9.45. The number of aliphatic imine (C=N–C) groups is 2. The molecule has 4 nitrogen and oxygen atoms in total. The second-order valence-corrected chi connectivity index (χ2v) is 2.45. The second kappa shape index (κ2) is 5.19. The van der Waals surface area contributed by atoms with Crippen molar-refractivity contribution in [3.05, 3.63) is 12.7 Å². The molecular weight excluding hydrogens is 156 g/mol. The molecule has 0 rings (SSSR count). The van der Waals surface area contributed by atoms with E-state index in [2.05, 4.69) is 16.6 Å². The highest BCUT2D eigenvalue weighted by molar-refractivity contribution is 5.38. The summed E-state index contributed by atoms with van der Waals surface area (Å²) in [5, 5.41) is 0. The molecule has 0 saturated carbocycles. The fourth-order valence-electron chi connectivity index (χ4n) is 0.709. The third kappa shape index (κ3) is 3.62. The van der Waals surface area contributed by atoms with Gasteiger partial charge >= 0.3 is 0 Å². The average Bonchev–Trinajstić information content (AvgIpc) is 2.02. The molecule has 0 aliphatic rings. The van der Waals surface area contributed by atoms with Gasteiger partial charge in [0.1, 0.15) is 0 Å². The van der Waals surface area contributed by atoms with Crippen LogP contribution >= 0.6 is 0 Å². The smallest absolute Gasteiger partial charge is 0.211 e. The van der Waals surface area contributed by atoms with Gasteiger partial charge in [0, 0.05) is 0 Å². The van der Waals surface area contributed by atoms with Crippen LogP contribution in [0.25, 0.3) is 0 Å². The molecule has 0 aliphatic carbocycles. The number of hydrogen-bond donors (Lipinski definition) is 0. The monoisotopic (exact) mass is 166 g/mol. The summed E-state index contributed by atoms with van der Waals surface area (Å²) in [5.74, 6) is 0. The van der Waals surface area contributed by atoms with Gasteiger partial charge < -0.3 is 0 Å². The predicted molar refractivity (Wildman–Crippen MR) is 44.1 cm³/mol. The largest absolute Gasteiger partial charge is 0.237 e. The van der Waals surface area contributed by atoms with Crippen LogP contribution in [0.2, 0.25) is 0 Å². The summed E-state index contributed by atoms with van der Waals surface area (Å²) in [6.45, 7) is 5.07. The number of nitrogens with zero attached hydrogens (tertiary/aromatic N) is 2. The highest BCUT2D eigenvalue weighted by Crippen LogP contribution is 2.17. The van der Waals surface area contributed by atoms with Crippen LogP contribution in [0.4, 0.5) is 0 Å². The fraction of sp³-hybridized carbons (Fsp3) is 0.500. The van der Waals surface area contributed by atoms with Crippen molar-refractivity contribution in [2.45, 2.75) is 25.4 Å². The van der Waals surface area contributed by atoms with Crippen LogP contribution in [0.1, 0.15) is 19.8 Å². The molecule has 0 radical (unpaired) electrons. The maximum atomic E-state index is 9.95. The number of carbonyl (C=O) groups excluding carboxylic acids is 2. The van der Waals surface area contributed by atoms with Crippen LogP contribution in [0, 0.1) is 0 Å². The van der Waals surface area contributed by atoms with Crippen molar-refractivity contribution in [2.75, 3.05) is 0 Å². The highest BCUT2D eigenvalue weighted by atomic mass is 16.1. The molecule has 64 valence electrons. The Kier molecular flexibility index (Phi) is 4.54. The van der Waals surface area contributed by atoms with E-state index in [-0.39, 0.29) is 0 Å². The van der Waals surface area contributed by atoms with Gasteiger partial charge in [0.05, 0.1) is 0 Å². The lowest BCUT2D eigenvalue weighted by Crippen LogP contribution is -2.17. The minimum absolute atomic E-state index is 0.459. The number of allylic oxidation sites excluding steroid dienone is 1. The molecule has 4 heteroatoms. The van der Waals surface area contributed by atoms with Crippen LogP contribution < -0.4 is 0 Å². The molecule has 0 atom stereocenters. The summed E-state index contributed by atoms with van der Waals surface area (Å²) >= 11 is 0. The van der Waals surface area contributed by atoms with E-state index in [4.69, 9.17) is 0 Å². The lowest BCUT2D eigenvalue weighted by molar-refractivity contribution is 0.447. The highest BCUT2D eigenvalue weighted by Gasteiger charge is 2.20. The predicted octanol–water partition coefficient (Wildman–Crippen LogP) is 1.34. The molecule has 0 N–H and O–H groups in total. The average molecular weight is 166 g/mol. The van der Waals surface area contributed by atoms with Gasteiger partial charge in [0.15, 0.2) is 5.66 Å².